The minimum atomic E-state index is -3.24. The summed E-state index contributed by atoms with van der Waals surface area (Å²) in [4.78, 5) is 17.4. The van der Waals surface area contributed by atoms with E-state index in [2.05, 4.69) is 24.8 Å². The molecule has 0 saturated carbocycles. The molecule has 1 unspecified atom stereocenters. The molecule has 28 heavy (non-hydrogen) atoms. The molecule has 0 bridgehead atoms. The fourth-order valence-corrected chi connectivity index (χ4v) is 4.89. The molecule has 2 aromatic heterocycles. The maximum absolute atomic E-state index is 11.6. The fraction of sp³-hybridized carbons (Fsp3) is 0.526. The highest BCUT2D eigenvalue weighted by Crippen LogP contribution is 2.41. The van der Waals surface area contributed by atoms with Crippen LogP contribution in [0, 0.1) is 5.41 Å². The van der Waals surface area contributed by atoms with Gasteiger partial charge in [0.25, 0.3) is 0 Å². The third-order valence-corrected chi connectivity index (χ3v) is 6.89. The first-order valence-electron chi connectivity index (χ1n) is 9.45. The van der Waals surface area contributed by atoms with Gasteiger partial charge < -0.3 is 14.9 Å². The lowest BCUT2D eigenvalue weighted by molar-refractivity contribution is 0.0594. The lowest BCUT2D eigenvalue weighted by atomic mass is 9.71. The maximum atomic E-state index is 11.6. The number of β-amino-alcohol motifs (C(OH)–C–C–N with tert-alkyl or cyclic N) is 1. The second-order valence-electron chi connectivity index (χ2n) is 7.91. The second kappa shape index (κ2) is 7.29. The molecule has 1 N–H and O–H groups in total. The molecule has 2 fully saturated rings. The zero-order chi connectivity index (χ0) is 19.8. The van der Waals surface area contributed by atoms with Crippen LogP contribution in [0.2, 0.25) is 0 Å². The molecule has 0 radical (unpaired) electrons. The van der Waals surface area contributed by atoms with Crippen LogP contribution in [-0.4, -0.2) is 67.0 Å². The summed E-state index contributed by atoms with van der Waals surface area (Å²) in [6.45, 7) is 3.09. The van der Waals surface area contributed by atoms with E-state index in [1.807, 2.05) is 0 Å². The fourth-order valence-electron chi connectivity index (χ4n) is 4.33. The van der Waals surface area contributed by atoms with Gasteiger partial charge in [-0.15, -0.1) is 0 Å². The number of rotatable bonds is 3. The van der Waals surface area contributed by atoms with Crippen molar-refractivity contribution in [1.29, 1.82) is 0 Å². The standard InChI is InChI=1S/C19H25N5O3S/c1-28(26,27)16-2-3-17(22-11-16)23-8-4-19(5-9-23)10-15(25)13-24(14-19)18-12-20-6-7-21-18/h2-3,6-7,11-12,15,25H,4-5,8-10,13-14H2,1H3. The van der Waals surface area contributed by atoms with Crippen molar-refractivity contribution in [3.05, 3.63) is 36.9 Å². The predicted octanol–water partition coefficient (Wildman–Crippen LogP) is 1.13. The largest absolute Gasteiger partial charge is 0.391 e. The Bertz CT molecular complexity index is 912. The smallest absolute Gasteiger partial charge is 0.177 e. The van der Waals surface area contributed by atoms with E-state index in [0.717, 1.165) is 50.5 Å². The van der Waals surface area contributed by atoms with Crippen LogP contribution in [0.25, 0.3) is 0 Å². The van der Waals surface area contributed by atoms with Crippen molar-refractivity contribution in [1.82, 2.24) is 15.0 Å². The summed E-state index contributed by atoms with van der Waals surface area (Å²) in [5.41, 5.74) is 0.0401. The van der Waals surface area contributed by atoms with Gasteiger partial charge in [0.2, 0.25) is 0 Å². The van der Waals surface area contributed by atoms with E-state index in [1.54, 1.807) is 30.7 Å². The third-order valence-electron chi connectivity index (χ3n) is 5.80. The molecule has 0 aliphatic carbocycles. The Morgan fingerprint density at radius 2 is 1.86 bits per heavy atom. The van der Waals surface area contributed by atoms with Crippen molar-refractivity contribution in [2.75, 3.05) is 42.2 Å². The molecule has 1 atom stereocenters. The van der Waals surface area contributed by atoms with E-state index in [1.165, 1.54) is 12.5 Å². The molecule has 0 amide bonds. The maximum Gasteiger partial charge on any atom is 0.177 e. The van der Waals surface area contributed by atoms with Crippen molar-refractivity contribution < 1.29 is 13.5 Å². The summed E-state index contributed by atoms with van der Waals surface area (Å²) in [6.07, 6.45) is 9.98. The first kappa shape index (κ1) is 19.1. The highest BCUT2D eigenvalue weighted by Gasteiger charge is 2.42. The van der Waals surface area contributed by atoms with E-state index in [9.17, 15) is 13.5 Å². The number of sulfone groups is 1. The number of hydrogen-bond donors (Lipinski definition) is 1. The van der Waals surface area contributed by atoms with Crippen LogP contribution in [0.5, 0.6) is 0 Å². The zero-order valence-electron chi connectivity index (χ0n) is 15.9. The Labute approximate surface area is 165 Å². The molecule has 4 heterocycles. The average Bonchev–Trinajstić information content (AvgIpc) is 2.68. The Hall–Kier alpha value is -2.26. The van der Waals surface area contributed by atoms with Gasteiger partial charge in [0.1, 0.15) is 11.6 Å². The highest BCUT2D eigenvalue weighted by molar-refractivity contribution is 7.90. The van der Waals surface area contributed by atoms with Crippen LogP contribution >= 0.6 is 0 Å². The first-order valence-corrected chi connectivity index (χ1v) is 11.3. The Morgan fingerprint density at radius 3 is 2.46 bits per heavy atom. The van der Waals surface area contributed by atoms with E-state index < -0.39 is 9.84 Å². The normalized spacial score (nSPS) is 22.4. The van der Waals surface area contributed by atoms with Crippen LogP contribution in [0.1, 0.15) is 19.3 Å². The molecule has 1 spiro atoms. The van der Waals surface area contributed by atoms with Gasteiger partial charge in [-0.3, -0.25) is 4.98 Å². The van der Waals surface area contributed by atoms with Crippen LogP contribution in [0.4, 0.5) is 11.6 Å². The van der Waals surface area contributed by atoms with Crippen molar-refractivity contribution >= 4 is 21.5 Å². The molecule has 2 aromatic rings. The minimum Gasteiger partial charge on any atom is -0.391 e. The molecule has 8 nitrogen and oxygen atoms in total. The van der Waals surface area contributed by atoms with Gasteiger partial charge in [-0.05, 0) is 36.8 Å². The Kier molecular flexibility index (Phi) is 4.96. The predicted molar refractivity (Wildman–Crippen MR) is 106 cm³/mol. The van der Waals surface area contributed by atoms with E-state index in [4.69, 9.17) is 0 Å². The van der Waals surface area contributed by atoms with Crippen molar-refractivity contribution in [2.45, 2.75) is 30.3 Å². The number of piperidine rings is 2. The monoisotopic (exact) mass is 403 g/mol. The lowest BCUT2D eigenvalue weighted by Crippen LogP contribution is -2.54. The number of anilines is 2. The summed E-state index contributed by atoms with van der Waals surface area (Å²) in [5.74, 6) is 1.60. The Balaban J connectivity index is 1.45. The summed E-state index contributed by atoms with van der Waals surface area (Å²) in [7, 11) is -3.24. The zero-order valence-corrected chi connectivity index (χ0v) is 16.7. The van der Waals surface area contributed by atoms with Gasteiger partial charge in [-0.25, -0.2) is 18.4 Å². The van der Waals surface area contributed by atoms with Gasteiger partial charge in [-0.2, -0.15) is 0 Å². The number of hydrogen-bond acceptors (Lipinski definition) is 8. The van der Waals surface area contributed by atoms with E-state index in [-0.39, 0.29) is 16.4 Å². The van der Waals surface area contributed by atoms with Crippen molar-refractivity contribution in [3.8, 4) is 0 Å². The quantitative estimate of drug-likeness (QED) is 0.814. The molecule has 0 aromatic carbocycles. The van der Waals surface area contributed by atoms with Crippen LogP contribution in [0.15, 0.2) is 41.8 Å². The third kappa shape index (κ3) is 3.95. The van der Waals surface area contributed by atoms with Gasteiger partial charge in [0.15, 0.2) is 9.84 Å². The molecule has 2 aliphatic rings. The SMILES string of the molecule is CS(=O)(=O)c1ccc(N2CCC3(CC2)CC(O)CN(c2cnccn2)C3)nc1. The van der Waals surface area contributed by atoms with Gasteiger partial charge >= 0.3 is 0 Å². The molecule has 2 aliphatic heterocycles. The number of aliphatic hydroxyl groups excluding tert-OH is 1. The lowest BCUT2D eigenvalue weighted by Gasteiger charge is -2.49. The van der Waals surface area contributed by atoms with Gasteiger partial charge in [-0.1, -0.05) is 0 Å². The minimum absolute atomic E-state index is 0.0401. The number of aromatic nitrogens is 3. The van der Waals surface area contributed by atoms with E-state index >= 15 is 0 Å². The molecular formula is C19H25N5O3S. The van der Waals surface area contributed by atoms with Crippen LogP contribution in [0.3, 0.4) is 0 Å². The number of nitrogens with zero attached hydrogens (tertiary/aromatic N) is 5. The van der Waals surface area contributed by atoms with E-state index in [0.29, 0.717) is 6.54 Å². The topological polar surface area (TPSA) is 99.5 Å². The number of pyridine rings is 1. The summed E-state index contributed by atoms with van der Waals surface area (Å²) < 4.78 is 23.2. The van der Waals surface area contributed by atoms with Crippen LogP contribution < -0.4 is 9.80 Å². The Morgan fingerprint density at radius 1 is 1.07 bits per heavy atom. The summed E-state index contributed by atoms with van der Waals surface area (Å²) in [5, 5.41) is 10.5. The van der Waals surface area contributed by atoms with Crippen molar-refractivity contribution in [3.63, 3.8) is 0 Å². The second-order valence-corrected chi connectivity index (χ2v) is 9.93. The molecule has 2 saturated heterocycles. The highest BCUT2D eigenvalue weighted by atomic mass is 32.2. The van der Waals surface area contributed by atoms with Crippen molar-refractivity contribution in [2.24, 2.45) is 5.41 Å². The molecule has 9 heteroatoms. The molecule has 4 rings (SSSR count). The van der Waals surface area contributed by atoms with Gasteiger partial charge in [0.05, 0.1) is 17.2 Å². The average molecular weight is 404 g/mol. The van der Waals surface area contributed by atoms with Crippen LogP contribution in [-0.2, 0) is 9.84 Å². The van der Waals surface area contributed by atoms with Gasteiger partial charge in [0, 0.05) is 51.0 Å². The summed E-state index contributed by atoms with van der Waals surface area (Å²) >= 11 is 0. The molecule has 150 valence electrons. The number of aliphatic hydroxyl groups is 1. The first-order chi connectivity index (χ1) is 13.3. The molecular weight excluding hydrogens is 378 g/mol. The summed E-state index contributed by atoms with van der Waals surface area (Å²) in [6, 6.07) is 3.39.